The van der Waals surface area contributed by atoms with E-state index in [0.29, 0.717) is 13.1 Å². The van der Waals surface area contributed by atoms with E-state index in [1.807, 2.05) is 71.8 Å². The van der Waals surface area contributed by atoms with Crippen LogP contribution in [0.15, 0.2) is 79.1 Å². The number of ether oxygens (including phenoxy) is 1. The normalized spacial score (nSPS) is 14.4. The topological polar surface area (TPSA) is 57.7 Å². The number of para-hydroxylation sites is 1. The van der Waals surface area contributed by atoms with E-state index >= 15 is 0 Å². The molecule has 1 saturated heterocycles. The molecule has 1 aliphatic rings. The van der Waals surface area contributed by atoms with Crippen molar-refractivity contribution in [2.75, 3.05) is 31.5 Å². The molecule has 0 spiro atoms. The van der Waals surface area contributed by atoms with Crippen LogP contribution in [0.5, 0.6) is 11.5 Å². The Balaban J connectivity index is 1.25. The van der Waals surface area contributed by atoms with Crippen molar-refractivity contribution >= 4 is 11.7 Å². The van der Waals surface area contributed by atoms with Crippen LogP contribution in [0.4, 0.5) is 10.5 Å². The lowest BCUT2D eigenvalue weighted by atomic mass is 10.2. The van der Waals surface area contributed by atoms with Gasteiger partial charge in [-0.3, -0.25) is 9.88 Å². The van der Waals surface area contributed by atoms with Crippen LogP contribution in [0.1, 0.15) is 5.56 Å². The van der Waals surface area contributed by atoms with Crippen LogP contribution in [0, 0.1) is 0 Å². The van der Waals surface area contributed by atoms with E-state index in [2.05, 4.69) is 21.3 Å². The quantitative estimate of drug-likeness (QED) is 0.711. The van der Waals surface area contributed by atoms with Crippen LogP contribution in [0.2, 0.25) is 0 Å². The summed E-state index contributed by atoms with van der Waals surface area (Å²) in [5.41, 5.74) is 1.96. The summed E-state index contributed by atoms with van der Waals surface area (Å²) in [7, 11) is 0. The van der Waals surface area contributed by atoms with Crippen molar-refractivity contribution in [1.29, 1.82) is 0 Å². The lowest BCUT2D eigenvalue weighted by molar-refractivity contribution is 0.143. The number of anilines is 1. The maximum Gasteiger partial charge on any atom is 0.321 e. The molecule has 0 saturated carbocycles. The number of hydrogen-bond acceptors (Lipinski definition) is 4. The number of carbonyl (C=O) groups excluding carboxylic acids is 1. The first-order valence-electron chi connectivity index (χ1n) is 9.76. The molecule has 2 aromatic carbocycles. The van der Waals surface area contributed by atoms with Gasteiger partial charge in [0, 0.05) is 50.8 Å². The van der Waals surface area contributed by atoms with Crippen LogP contribution in [-0.4, -0.2) is 47.0 Å². The van der Waals surface area contributed by atoms with Gasteiger partial charge in [-0.05, 0) is 48.0 Å². The van der Waals surface area contributed by atoms with Gasteiger partial charge < -0.3 is 15.0 Å². The molecule has 29 heavy (non-hydrogen) atoms. The number of aromatic nitrogens is 1. The van der Waals surface area contributed by atoms with Crippen molar-refractivity contribution < 1.29 is 9.53 Å². The molecule has 0 radical (unpaired) electrons. The minimum absolute atomic E-state index is 0.0669. The van der Waals surface area contributed by atoms with Gasteiger partial charge in [-0.1, -0.05) is 24.3 Å². The van der Waals surface area contributed by atoms with Gasteiger partial charge in [0.25, 0.3) is 0 Å². The summed E-state index contributed by atoms with van der Waals surface area (Å²) in [6, 6.07) is 21.0. The van der Waals surface area contributed by atoms with E-state index in [1.165, 1.54) is 5.56 Å². The highest BCUT2D eigenvalue weighted by atomic mass is 16.5. The molecular weight excluding hydrogens is 364 g/mol. The first kappa shape index (κ1) is 19.0. The standard InChI is InChI=1S/C23H24N4O2/c28-23(27-15-13-26(14-16-27)18-19-5-4-12-24-17-19)25-20-8-10-22(11-9-20)29-21-6-2-1-3-7-21/h1-12,17H,13-16,18H2,(H,25,28). The number of benzene rings is 2. The van der Waals surface area contributed by atoms with Gasteiger partial charge in [0.1, 0.15) is 11.5 Å². The summed E-state index contributed by atoms with van der Waals surface area (Å²) in [5.74, 6) is 1.52. The zero-order chi connectivity index (χ0) is 19.9. The molecule has 0 unspecified atom stereocenters. The smallest absolute Gasteiger partial charge is 0.321 e. The van der Waals surface area contributed by atoms with Gasteiger partial charge in [0.15, 0.2) is 0 Å². The highest BCUT2D eigenvalue weighted by molar-refractivity contribution is 5.89. The van der Waals surface area contributed by atoms with Crippen LogP contribution in [0.25, 0.3) is 0 Å². The molecule has 2 amide bonds. The average Bonchev–Trinajstić information content (AvgIpc) is 2.77. The number of pyridine rings is 1. The Morgan fingerprint density at radius 3 is 2.31 bits per heavy atom. The van der Waals surface area contributed by atoms with E-state index in [1.54, 1.807) is 6.20 Å². The largest absolute Gasteiger partial charge is 0.457 e. The number of carbonyl (C=O) groups is 1. The Hall–Kier alpha value is -3.38. The van der Waals surface area contributed by atoms with Gasteiger partial charge >= 0.3 is 6.03 Å². The second-order valence-corrected chi connectivity index (χ2v) is 6.99. The van der Waals surface area contributed by atoms with Crippen molar-refractivity contribution in [2.24, 2.45) is 0 Å². The lowest BCUT2D eigenvalue weighted by Crippen LogP contribution is -2.49. The summed E-state index contributed by atoms with van der Waals surface area (Å²) < 4.78 is 5.78. The van der Waals surface area contributed by atoms with Crippen molar-refractivity contribution in [1.82, 2.24) is 14.8 Å². The fourth-order valence-corrected chi connectivity index (χ4v) is 3.29. The summed E-state index contributed by atoms with van der Waals surface area (Å²) in [6.07, 6.45) is 3.68. The minimum Gasteiger partial charge on any atom is -0.457 e. The van der Waals surface area contributed by atoms with Gasteiger partial charge in [-0.25, -0.2) is 4.79 Å². The first-order chi connectivity index (χ1) is 14.3. The van der Waals surface area contributed by atoms with Gasteiger partial charge in [-0.15, -0.1) is 0 Å². The summed E-state index contributed by atoms with van der Waals surface area (Å²) in [4.78, 5) is 20.9. The van der Waals surface area contributed by atoms with E-state index in [4.69, 9.17) is 4.74 Å². The zero-order valence-electron chi connectivity index (χ0n) is 16.2. The molecule has 0 atom stereocenters. The molecule has 0 aliphatic carbocycles. The Morgan fingerprint density at radius 1 is 0.897 bits per heavy atom. The maximum absolute atomic E-state index is 12.6. The Morgan fingerprint density at radius 2 is 1.62 bits per heavy atom. The molecule has 0 bridgehead atoms. The number of hydrogen-bond donors (Lipinski definition) is 1. The predicted octanol–water partition coefficient (Wildman–Crippen LogP) is 4.22. The molecule has 1 aliphatic heterocycles. The highest BCUT2D eigenvalue weighted by Gasteiger charge is 2.21. The maximum atomic E-state index is 12.6. The van der Waals surface area contributed by atoms with E-state index in [-0.39, 0.29) is 6.03 Å². The van der Waals surface area contributed by atoms with Crippen molar-refractivity contribution in [3.05, 3.63) is 84.7 Å². The fraction of sp³-hybridized carbons (Fsp3) is 0.217. The van der Waals surface area contributed by atoms with Crippen molar-refractivity contribution in [3.8, 4) is 11.5 Å². The molecule has 1 fully saturated rings. The second-order valence-electron chi connectivity index (χ2n) is 6.99. The van der Waals surface area contributed by atoms with Gasteiger partial charge in [-0.2, -0.15) is 0 Å². The number of rotatable bonds is 5. The fourth-order valence-electron chi connectivity index (χ4n) is 3.29. The highest BCUT2D eigenvalue weighted by Crippen LogP contribution is 2.22. The first-order valence-corrected chi connectivity index (χ1v) is 9.76. The van der Waals surface area contributed by atoms with Crippen LogP contribution in [0.3, 0.4) is 0 Å². The monoisotopic (exact) mass is 388 g/mol. The second kappa shape index (κ2) is 9.21. The van der Waals surface area contributed by atoms with E-state index in [9.17, 15) is 4.79 Å². The average molecular weight is 388 g/mol. The molecule has 6 heteroatoms. The molecule has 1 N–H and O–H groups in total. The third-order valence-corrected chi connectivity index (χ3v) is 4.87. The molecule has 4 rings (SSSR count). The van der Waals surface area contributed by atoms with E-state index < -0.39 is 0 Å². The SMILES string of the molecule is O=C(Nc1ccc(Oc2ccccc2)cc1)N1CCN(Cc2cccnc2)CC1. The summed E-state index contributed by atoms with van der Waals surface area (Å²) in [6.45, 7) is 3.99. The third kappa shape index (κ3) is 5.33. The van der Waals surface area contributed by atoms with E-state index in [0.717, 1.165) is 36.8 Å². The van der Waals surface area contributed by atoms with Gasteiger partial charge in [0.05, 0.1) is 0 Å². The Kier molecular flexibility index (Phi) is 6.02. The van der Waals surface area contributed by atoms with Crippen molar-refractivity contribution in [2.45, 2.75) is 6.54 Å². The van der Waals surface area contributed by atoms with Crippen molar-refractivity contribution in [3.63, 3.8) is 0 Å². The predicted molar refractivity (Wildman–Crippen MR) is 113 cm³/mol. The van der Waals surface area contributed by atoms with Crippen LogP contribution in [-0.2, 0) is 6.54 Å². The lowest BCUT2D eigenvalue weighted by Gasteiger charge is -2.34. The van der Waals surface area contributed by atoms with Gasteiger partial charge in [0.2, 0.25) is 0 Å². The number of nitrogens with zero attached hydrogens (tertiary/aromatic N) is 3. The third-order valence-electron chi connectivity index (χ3n) is 4.87. The molecule has 1 aromatic heterocycles. The van der Waals surface area contributed by atoms with Crippen LogP contribution < -0.4 is 10.1 Å². The number of piperazine rings is 1. The van der Waals surface area contributed by atoms with Crippen LogP contribution >= 0.6 is 0 Å². The Bertz CT molecular complexity index is 909. The molecule has 2 heterocycles. The number of amides is 2. The number of nitrogens with one attached hydrogen (secondary N) is 1. The minimum atomic E-state index is -0.0669. The summed E-state index contributed by atoms with van der Waals surface area (Å²) >= 11 is 0. The zero-order valence-corrected chi connectivity index (χ0v) is 16.2. The molecule has 6 nitrogen and oxygen atoms in total. The number of urea groups is 1. The molecule has 3 aromatic rings. The summed E-state index contributed by atoms with van der Waals surface area (Å²) in [5, 5.41) is 2.97. The Labute approximate surface area is 170 Å². The molecular formula is C23H24N4O2. The molecule has 148 valence electrons.